The van der Waals surface area contributed by atoms with E-state index in [0.29, 0.717) is 22.4 Å². The lowest BCUT2D eigenvalue weighted by Gasteiger charge is -2.39. The minimum Gasteiger partial charge on any atom is -0.345 e. The van der Waals surface area contributed by atoms with E-state index in [4.69, 9.17) is 23.2 Å². The molecule has 0 radical (unpaired) electrons. The van der Waals surface area contributed by atoms with E-state index >= 15 is 0 Å². The Morgan fingerprint density at radius 1 is 1.52 bits per heavy atom. The number of carbonyl (C=O) groups excluding carboxylic acids is 1. The van der Waals surface area contributed by atoms with Crippen molar-refractivity contribution in [1.82, 2.24) is 5.32 Å². The van der Waals surface area contributed by atoms with E-state index in [2.05, 4.69) is 12.2 Å². The van der Waals surface area contributed by atoms with Crippen LogP contribution in [0.1, 0.15) is 43.0 Å². The topological polar surface area (TPSA) is 29.1 Å². The van der Waals surface area contributed by atoms with E-state index in [1.54, 1.807) is 17.8 Å². The number of benzene rings is 1. The molecule has 1 fully saturated rings. The second-order valence-electron chi connectivity index (χ2n) is 5.92. The maximum Gasteiger partial charge on any atom is 0.253 e. The monoisotopic (exact) mass is 345 g/mol. The van der Waals surface area contributed by atoms with Gasteiger partial charge < -0.3 is 5.32 Å². The van der Waals surface area contributed by atoms with Gasteiger partial charge in [0.25, 0.3) is 5.91 Å². The van der Waals surface area contributed by atoms with Gasteiger partial charge >= 0.3 is 0 Å². The van der Waals surface area contributed by atoms with Gasteiger partial charge in [-0.15, -0.1) is 23.4 Å². The van der Waals surface area contributed by atoms with Crippen LogP contribution in [-0.4, -0.2) is 23.6 Å². The minimum atomic E-state index is -0.297. The summed E-state index contributed by atoms with van der Waals surface area (Å²) in [5.74, 6) is 0.916. The zero-order valence-electron chi connectivity index (χ0n) is 12.4. The van der Waals surface area contributed by atoms with Crippen LogP contribution >= 0.6 is 35.0 Å². The van der Waals surface area contributed by atoms with Crippen molar-refractivity contribution in [3.63, 3.8) is 0 Å². The quantitative estimate of drug-likeness (QED) is 0.615. The van der Waals surface area contributed by atoms with E-state index in [9.17, 15) is 4.79 Å². The van der Waals surface area contributed by atoms with Gasteiger partial charge in [-0.25, -0.2) is 0 Å². The zero-order chi connectivity index (χ0) is 15.5. The molecule has 2 nitrogen and oxygen atoms in total. The van der Waals surface area contributed by atoms with Crippen LogP contribution in [0.2, 0.25) is 5.02 Å². The van der Waals surface area contributed by atoms with Crippen LogP contribution in [-0.2, 0) is 0 Å². The summed E-state index contributed by atoms with van der Waals surface area (Å²) in [6.07, 6.45) is 6.16. The Labute approximate surface area is 141 Å². The molecule has 2 atom stereocenters. The largest absolute Gasteiger partial charge is 0.345 e. The number of carbonyl (C=O) groups is 1. The highest BCUT2D eigenvalue weighted by Gasteiger charge is 2.36. The maximum atomic E-state index is 12.6. The van der Waals surface area contributed by atoms with Crippen molar-refractivity contribution >= 4 is 40.9 Å². The number of nitrogens with one attached hydrogen (secondary N) is 1. The molecule has 1 aromatic rings. The average molecular weight is 346 g/mol. The Morgan fingerprint density at radius 2 is 2.29 bits per heavy atom. The highest BCUT2D eigenvalue weighted by molar-refractivity contribution is 7.98. The molecule has 0 bridgehead atoms. The normalized spacial score (nSPS) is 25.6. The second kappa shape index (κ2) is 7.26. The number of halogens is 2. The van der Waals surface area contributed by atoms with Gasteiger partial charge in [-0.3, -0.25) is 4.79 Å². The molecule has 21 heavy (non-hydrogen) atoms. The van der Waals surface area contributed by atoms with Crippen LogP contribution in [0.25, 0.3) is 0 Å². The van der Waals surface area contributed by atoms with Crippen molar-refractivity contribution in [1.29, 1.82) is 0 Å². The van der Waals surface area contributed by atoms with Crippen LogP contribution in [0.3, 0.4) is 0 Å². The Hall–Kier alpha value is -0.380. The molecule has 116 valence electrons. The minimum absolute atomic E-state index is 0.120. The fourth-order valence-corrected chi connectivity index (χ4v) is 3.99. The lowest BCUT2D eigenvalue weighted by atomic mass is 9.77. The number of hydrogen-bond donors (Lipinski definition) is 1. The lowest BCUT2D eigenvalue weighted by Crippen LogP contribution is -2.52. The van der Waals surface area contributed by atoms with Crippen LogP contribution in [0, 0.1) is 5.92 Å². The summed E-state index contributed by atoms with van der Waals surface area (Å²) in [6.45, 7) is 2.22. The van der Waals surface area contributed by atoms with E-state index < -0.39 is 0 Å². The molecule has 0 saturated heterocycles. The first-order valence-corrected chi connectivity index (χ1v) is 9.35. The van der Waals surface area contributed by atoms with Crippen molar-refractivity contribution in [2.75, 3.05) is 12.1 Å². The van der Waals surface area contributed by atoms with Gasteiger partial charge in [0.1, 0.15) is 0 Å². The molecule has 1 saturated carbocycles. The zero-order valence-corrected chi connectivity index (χ0v) is 14.7. The van der Waals surface area contributed by atoms with Gasteiger partial charge in [0.2, 0.25) is 0 Å². The van der Waals surface area contributed by atoms with Crippen molar-refractivity contribution in [3.8, 4) is 0 Å². The smallest absolute Gasteiger partial charge is 0.253 e. The van der Waals surface area contributed by atoms with Gasteiger partial charge in [0.15, 0.2) is 0 Å². The summed E-state index contributed by atoms with van der Waals surface area (Å²) < 4.78 is 0. The summed E-state index contributed by atoms with van der Waals surface area (Å²) >= 11 is 14.0. The predicted octanol–water partition coefficient (Wildman–Crippen LogP) is 4.98. The predicted molar refractivity (Wildman–Crippen MR) is 91.8 cm³/mol. The first kappa shape index (κ1) is 17.0. The number of amides is 1. The molecule has 0 aliphatic heterocycles. The number of rotatable bonds is 4. The maximum absolute atomic E-state index is 12.6. The first-order valence-electron chi connectivity index (χ1n) is 7.22. The van der Waals surface area contributed by atoms with Crippen molar-refractivity contribution in [2.45, 2.75) is 43.0 Å². The van der Waals surface area contributed by atoms with Crippen molar-refractivity contribution in [2.24, 2.45) is 5.92 Å². The molecule has 1 aliphatic carbocycles. The number of hydrogen-bond acceptors (Lipinski definition) is 2. The van der Waals surface area contributed by atoms with Crippen molar-refractivity contribution in [3.05, 3.63) is 28.8 Å². The Bertz CT molecular complexity index is 523. The molecule has 5 heteroatoms. The molecule has 1 amide bonds. The molecule has 1 aromatic carbocycles. The highest BCUT2D eigenvalue weighted by atomic mass is 35.5. The number of thioether (sulfide) groups is 1. The molecule has 2 rings (SSSR count). The second-order valence-corrected chi connectivity index (χ2v) is 7.47. The molecule has 1 N–H and O–H groups in total. The first-order chi connectivity index (χ1) is 9.99. The van der Waals surface area contributed by atoms with Gasteiger partial charge in [-0.1, -0.05) is 31.4 Å². The Balaban J connectivity index is 2.20. The number of alkyl halides is 1. The summed E-state index contributed by atoms with van der Waals surface area (Å²) in [6, 6.07) is 5.54. The summed E-state index contributed by atoms with van der Waals surface area (Å²) in [5.41, 5.74) is 0.237. The van der Waals surface area contributed by atoms with Crippen LogP contribution in [0.15, 0.2) is 23.1 Å². The van der Waals surface area contributed by atoms with Crippen LogP contribution < -0.4 is 5.32 Å². The fourth-order valence-electron chi connectivity index (χ4n) is 3.04. The van der Waals surface area contributed by atoms with Gasteiger partial charge in [-0.2, -0.15) is 0 Å². The third-order valence-electron chi connectivity index (χ3n) is 4.14. The van der Waals surface area contributed by atoms with Gasteiger partial charge in [0.05, 0.1) is 16.1 Å². The van der Waals surface area contributed by atoms with Crippen LogP contribution in [0.5, 0.6) is 0 Å². The van der Waals surface area contributed by atoms with Crippen LogP contribution in [0.4, 0.5) is 0 Å². The molecular formula is C16H21Cl2NOS. The van der Waals surface area contributed by atoms with E-state index in [0.717, 1.165) is 24.2 Å². The molecule has 2 unspecified atom stereocenters. The van der Waals surface area contributed by atoms with E-state index in [1.165, 1.54) is 6.42 Å². The third-order valence-corrected chi connectivity index (χ3v) is 5.71. The molecule has 0 spiro atoms. The Morgan fingerprint density at radius 3 is 2.90 bits per heavy atom. The van der Waals surface area contributed by atoms with Gasteiger partial charge in [-0.05, 0) is 43.2 Å². The highest BCUT2D eigenvalue weighted by Crippen LogP contribution is 2.34. The van der Waals surface area contributed by atoms with E-state index in [-0.39, 0.29) is 11.4 Å². The van der Waals surface area contributed by atoms with Gasteiger partial charge in [0, 0.05) is 10.8 Å². The SMILES string of the molecule is CSc1ccc(Cl)c(C(=O)NC2(CCl)CCCC(C)C2)c1. The Kier molecular flexibility index (Phi) is 5.87. The average Bonchev–Trinajstić information content (AvgIpc) is 2.47. The van der Waals surface area contributed by atoms with E-state index in [1.807, 2.05) is 18.4 Å². The summed E-state index contributed by atoms with van der Waals surface area (Å²) in [5, 5.41) is 3.64. The third kappa shape index (κ3) is 4.08. The molecule has 0 aromatic heterocycles. The lowest BCUT2D eigenvalue weighted by molar-refractivity contribution is 0.0867. The molecule has 0 heterocycles. The summed E-state index contributed by atoms with van der Waals surface area (Å²) in [7, 11) is 0. The summed E-state index contributed by atoms with van der Waals surface area (Å²) in [4.78, 5) is 13.6. The molecule has 1 aliphatic rings. The van der Waals surface area contributed by atoms with Crippen molar-refractivity contribution < 1.29 is 4.79 Å². The standard InChI is InChI=1S/C16H21Cl2NOS/c1-11-4-3-7-16(9-11,10-17)19-15(20)13-8-12(21-2)5-6-14(13)18/h5-6,8,11H,3-4,7,9-10H2,1-2H3,(H,19,20). The molecular weight excluding hydrogens is 325 g/mol. The fraction of sp³-hybridized carbons (Fsp3) is 0.562.